The third-order valence-corrected chi connectivity index (χ3v) is 7.27. The summed E-state index contributed by atoms with van der Waals surface area (Å²) in [6, 6.07) is 10.8. The van der Waals surface area contributed by atoms with Crippen LogP contribution in [0, 0.1) is 0 Å². The van der Waals surface area contributed by atoms with Gasteiger partial charge in [0.15, 0.2) is 9.84 Å². The molecule has 9 heteroatoms. The maximum atomic E-state index is 12.4. The van der Waals surface area contributed by atoms with Gasteiger partial charge in [-0.2, -0.15) is 0 Å². The Morgan fingerprint density at radius 3 is 2.54 bits per heavy atom. The number of nitrogens with one attached hydrogen (secondary N) is 2. The lowest BCUT2D eigenvalue weighted by molar-refractivity contribution is -0.119. The molecule has 0 bridgehead atoms. The van der Waals surface area contributed by atoms with E-state index >= 15 is 0 Å². The number of amides is 2. The molecule has 0 unspecified atom stereocenters. The van der Waals surface area contributed by atoms with Crippen LogP contribution in [0.2, 0.25) is 0 Å². The number of carbonyl (C=O) groups is 2. The standard InChI is InChI=1S/C17H19N3O4S2/c21-16(11-25-13-7-10-26(23,24)12-13)18-19-17(22)14-5-1-2-6-15(14)20-8-3-4-9-20/h1-6,8-9,13H,7,10-12H2,(H,18,21)(H,19,22)/t13-/m1/s1. The second kappa shape index (κ2) is 7.96. The summed E-state index contributed by atoms with van der Waals surface area (Å²) < 4.78 is 24.6. The summed E-state index contributed by atoms with van der Waals surface area (Å²) in [6.07, 6.45) is 4.23. The van der Waals surface area contributed by atoms with E-state index in [0.717, 1.165) is 0 Å². The summed E-state index contributed by atoms with van der Waals surface area (Å²) in [4.78, 5) is 24.3. The SMILES string of the molecule is O=C(CS[C@@H]1CCS(=O)(=O)C1)NNC(=O)c1ccccc1-n1cccc1. The fraction of sp³-hybridized carbons (Fsp3) is 0.294. The zero-order valence-electron chi connectivity index (χ0n) is 13.9. The molecular weight excluding hydrogens is 374 g/mol. The van der Waals surface area contributed by atoms with Gasteiger partial charge in [0.2, 0.25) is 5.91 Å². The molecule has 1 aliphatic heterocycles. The first-order valence-electron chi connectivity index (χ1n) is 8.08. The number of nitrogens with zero attached hydrogens (tertiary/aromatic N) is 1. The van der Waals surface area contributed by atoms with Gasteiger partial charge in [0.05, 0.1) is 28.5 Å². The maximum Gasteiger partial charge on any atom is 0.271 e. The number of rotatable bonds is 5. The lowest BCUT2D eigenvalue weighted by atomic mass is 10.1. The van der Waals surface area contributed by atoms with Crippen LogP contribution in [-0.2, 0) is 14.6 Å². The van der Waals surface area contributed by atoms with E-state index < -0.39 is 15.7 Å². The third-order valence-electron chi connectivity index (χ3n) is 3.99. The zero-order chi connectivity index (χ0) is 18.6. The van der Waals surface area contributed by atoms with Crippen LogP contribution >= 0.6 is 11.8 Å². The largest absolute Gasteiger partial charge is 0.323 e. The van der Waals surface area contributed by atoms with Crippen LogP contribution in [0.5, 0.6) is 0 Å². The Morgan fingerprint density at radius 2 is 1.85 bits per heavy atom. The van der Waals surface area contributed by atoms with Crippen molar-refractivity contribution in [2.75, 3.05) is 17.3 Å². The normalized spacial score (nSPS) is 18.4. The Bertz CT molecular complexity index is 894. The fourth-order valence-corrected chi connectivity index (χ4v) is 6.14. The van der Waals surface area contributed by atoms with Gasteiger partial charge in [-0.25, -0.2) is 8.42 Å². The molecule has 1 fully saturated rings. The first kappa shape index (κ1) is 18.5. The molecule has 2 heterocycles. The van der Waals surface area contributed by atoms with E-state index in [9.17, 15) is 18.0 Å². The minimum Gasteiger partial charge on any atom is -0.323 e. The van der Waals surface area contributed by atoms with E-state index in [1.165, 1.54) is 11.8 Å². The van der Waals surface area contributed by atoms with Crippen molar-refractivity contribution in [1.82, 2.24) is 15.4 Å². The molecule has 1 atom stereocenters. The average Bonchev–Trinajstić information content (AvgIpc) is 3.27. The van der Waals surface area contributed by atoms with Crippen molar-refractivity contribution in [3.63, 3.8) is 0 Å². The molecule has 0 saturated carbocycles. The van der Waals surface area contributed by atoms with Gasteiger partial charge in [-0.15, -0.1) is 11.8 Å². The molecule has 1 saturated heterocycles. The fourth-order valence-electron chi connectivity index (χ4n) is 2.70. The number of carbonyl (C=O) groups excluding carboxylic acids is 2. The molecule has 0 radical (unpaired) electrons. The lowest BCUT2D eigenvalue weighted by Gasteiger charge is -2.12. The Labute approximate surface area is 156 Å². The number of para-hydroxylation sites is 1. The second-order valence-electron chi connectivity index (χ2n) is 5.95. The van der Waals surface area contributed by atoms with Gasteiger partial charge in [-0.05, 0) is 30.7 Å². The summed E-state index contributed by atoms with van der Waals surface area (Å²) in [5, 5.41) is -0.0593. The minimum absolute atomic E-state index is 0.0593. The lowest BCUT2D eigenvalue weighted by Crippen LogP contribution is -2.43. The molecule has 2 N–H and O–H groups in total. The highest BCUT2D eigenvalue weighted by Crippen LogP contribution is 2.23. The van der Waals surface area contributed by atoms with Crippen LogP contribution in [0.25, 0.3) is 5.69 Å². The van der Waals surface area contributed by atoms with Crippen molar-refractivity contribution < 1.29 is 18.0 Å². The van der Waals surface area contributed by atoms with Gasteiger partial charge in [-0.1, -0.05) is 12.1 Å². The highest BCUT2D eigenvalue weighted by atomic mass is 32.2. The van der Waals surface area contributed by atoms with Crippen LogP contribution in [-0.4, -0.2) is 47.3 Å². The third kappa shape index (κ3) is 4.67. The molecule has 26 heavy (non-hydrogen) atoms. The molecule has 1 aromatic carbocycles. The summed E-state index contributed by atoms with van der Waals surface area (Å²) >= 11 is 1.30. The van der Waals surface area contributed by atoms with Crippen molar-refractivity contribution in [3.05, 3.63) is 54.4 Å². The Balaban J connectivity index is 1.52. The van der Waals surface area contributed by atoms with Gasteiger partial charge in [0.25, 0.3) is 5.91 Å². The highest BCUT2D eigenvalue weighted by molar-refractivity contribution is 8.02. The predicted molar refractivity (Wildman–Crippen MR) is 101 cm³/mol. The Kier molecular flexibility index (Phi) is 5.67. The van der Waals surface area contributed by atoms with Crippen molar-refractivity contribution in [2.45, 2.75) is 11.7 Å². The summed E-state index contributed by atoms with van der Waals surface area (Å²) in [5.74, 6) is -0.400. The molecule has 0 aliphatic carbocycles. The average molecular weight is 393 g/mol. The highest BCUT2D eigenvalue weighted by Gasteiger charge is 2.28. The molecule has 0 spiro atoms. The smallest absolute Gasteiger partial charge is 0.271 e. The van der Waals surface area contributed by atoms with Crippen LogP contribution in [0.1, 0.15) is 16.8 Å². The van der Waals surface area contributed by atoms with E-state index in [-0.39, 0.29) is 28.4 Å². The van der Waals surface area contributed by atoms with Crippen LogP contribution in [0.15, 0.2) is 48.8 Å². The number of hydrazine groups is 1. The number of hydrogen-bond donors (Lipinski definition) is 2. The number of thioether (sulfide) groups is 1. The molecule has 1 aliphatic rings. The monoisotopic (exact) mass is 393 g/mol. The quantitative estimate of drug-likeness (QED) is 0.743. The van der Waals surface area contributed by atoms with Crippen LogP contribution in [0.3, 0.4) is 0 Å². The van der Waals surface area contributed by atoms with E-state index in [4.69, 9.17) is 0 Å². The number of aromatic nitrogens is 1. The molecule has 2 aromatic rings. The number of benzene rings is 1. The second-order valence-corrected chi connectivity index (χ2v) is 9.46. The summed E-state index contributed by atoms with van der Waals surface area (Å²) in [5.41, 5.74) is 5.92. The number of sulfone groups is 1. The number of hydrogen-bond acceptors (Lipinski definition) is 5. The topological polar surface area (TPSA) is 97.3 Å². The van der Waals surface area contributed by atoms with E-state index in [0.29, 0.717) is 17.7 Å². The van der Waals surface area contributed by atoms with Crippen molar-refractivity contribution in [3.8, 4) is 5.69 Å². The van der Waals surface area contributed by atoms with E-state index in [1.54, 1.807) is 12.1 Å². The van der Waals surface area contributed by atoms with Gasteiger partial charge in [0.1, 0.15) is 0 Å². The van der Waals surface area contributed by atoms with Crippen molar-refractivity contribution >= 4 is 33.4 Å². The van der Waals surface area contributed by atoms with Gasteiger partial charge < -0.3 is 4.57 Å². The molecule has 1 aromatic heterocycles. The first-order chi connectivity index (χ1) is 12.4. The minimum atomic E-state index is -2.96. The van der Waals surface area contributed by atoms with Crippen LogP contribution in [0.4, 0.5) is 0 Å². The van der Waals surface area contributed by atoms with Gasteiger partial charge in [-0.3, -0.25) is 20.4 Å². The van der Waals surface area contributed by atoms with E-state index in [2.05, 4.69) is 10.9 Å². The van der Waals surface area contributed by atoms with Gasteiger partial charge in [0, 0.05) is 17.6 Å². The van der Waals surface area contributed by atoms with E-state index in [1.807, 2.05) is 41.2 Å². The van der Waals surface area contributed by atoms with Crippen molar-refractivity contribution in [2.24, 2.45) is 0 Å². The first-order valence-corrected chi connectivity index (χ1v) is 11.0. The molecule has 3 rings (SSSR count). The molecular formula is C17H19N3O4S2. The van der Waals surface area contributed by atoms with Gasteiger partial charge >= 0.3 is 0 Å². The Hall–Kier alpha value is -2.26. The molecule has 138 valence electrons. The molecule has 7 nitrogen and oxygen atoms in total. The summed E-state index contributed by atoms with van der Waals surface area (Å²) in [6.45, 7) is 0. The zero-order valence-corrected chi connectivity index (χ0v) is 15.6. The van der Waals surface area contributed by atoms with Crippen molar-refractivity contribution in [1.29, 1.82) is 0 Å². The Morgan fingerprint density at radius 1 is 1.12 bits per heavy atom. The predicted octanol–water partition coefficient (Wildman–Crippen LogP) is 1.16. The molecule has 2 amide bonds. The summed E-state index contributed by atoms with van der Waals surface area (Å²) in [7, 11) is -2.96. The van der Waals surface area contributed by atoms with Crippen LogP contribution < -0.4 is 10.9 Å². The maximum absolute atomic E-state index is 12.4.